The minimum Gasteiger partial charge on any atom is -0.480 e. The highest BCUT2D eigenvalue weighted by Crippen LogP contribution is 2.17. The third-order valence-electron chi connectivity index (χ3n) is 2.04. The van der Waals surface area contributed by atoms with Gasteiger partial charge in [0.2, 0.25) is 0 Å². The smallest absolute Gasteiger partial charge is 0.318 e. The number of benzene rings is 1. The Balaban J connectivity index is 2.77. The van der Waals surface area contributed by atoms with Crippen LogP contribution in [0.1, 0.15) is 12.5 Å². The number of hydrogen-bond acceptors (Lipinski definition) is 2. The molecule has 0 heterocycles. The highest BCUT2D eigenvalue weighted by atomic mass is 35.5. The molecule has 1 rings (SSSR count). The lowest BCUT2D eigenvalue weighted by atomic mass is 10.2. The lowest BCUT2D eigenvalue weighted by molar-refractivity contribution is -0.136. The van der Waals surface area contributed by atoms with Gasteiger partial charge in [-0.2, -0.15) is 0 Å². The van der Waals surface area contributed by atoms with Crippen LogP contribution < -0.4 is 0 Å². The number of halogens is 2. The van der Waals surface area contributed by atoms with E-state index in [0.29, 0.717) is 5.56 Å². The summed E-state index contributed by atoms with van der Waals surface area (Å²) in [4.78, 5) is 10.6. The Kier molecular flexibility index (Phi) is 4.44. The first-order chi connectivity index (χ1) is 7.41. The van der Waals surface area contributed by atoms with Crippen molar-refractivity contribution in [1.82, 2.24) is 0 Å². The Labute approximate surface area is 99.7 Å². The molecular formula is C10H10ClFO3S. The molecule has 0 aromatic heterocycles. The first kappa shape index (κ1) is 13.1. The highest BCUT2D eigenvalue weighted by molar-refractivity contribution is 7.85. The summed E-state index contributed by atoms with van der Waals surface area (Å²) in [5.41, 5.74) is 0.466. The van der Waals surface area contributed by atoms with E-state index in [0.717, 1.165) is 6.07 Å². The maximum Gasteiger partial charge on any atom is 0.318 e. The summed E-state index contributed by atoms with van der Waals surface area (Å²) in [6.45, 7) is 1.35. The molecule has 0 aliphatic heterocycles. The van der Waals surface area contributed by atoms with Crippen LogP contribution in [0.5, 0.6) is 0 Å². The third-order valence-corrected chi connectivity index (χ3v) is 3.95. The Bertz CT molecular complexity index is 436. The normalized spacial score (nSPS) is 14.4. The molecule has 3 nitrogen and oxygen atoms in total. The molecule has 0 aliphatic rings. The SMILES string of the molecule is CC(C(=O)O)S(=O)Cc1ccc(Cl)c(F)c1. The monoisotopic (exact) mass is 264 g/mol. The van der Waals surface area contributed by atoms with Crippen molar-refractivity contribution in [3.63, 3.8) is 0 Å². The summed E-state index contributed by atoms with van der Waals surface area (Å²) < 4.78 is 24.6. The van der Waals surface area contributed by atoms with Gasteiger partial charge in [0.1, 0.15) is 11.1 Å². The Morgan fingerprint density at radius 2 is 2.25 bits per heavy atom. The summed E-state index contributed by atoms with van der Waals surface area (Å²) in [5.74, 6) is -1.73. The van der Waals surface area contributed by atoms with Crippen LogP contribution in [0.25, 0.3) is 0 Å². The molecule has 0 aliphatic carbocycles. The average Bonchev–Trinajstić information content (AvgIpc) is 2.22. The zero-order valence-electron chi connectivity index (χ0n) is 8.44. The molecule has 0 spiro atoms. The Hall–Kier alpha value is -0.940. The van der Waals surface area contributed by atoms with Crippen LogP contribution in [-0.2, 0) is 21.3 Å². The van der Waals surface area contributed by atoms with Gasteiger partial charge in [0.15, 0.2) is 0 Å². The minimum atomic E-state index is -1.57. The van der Waals surface area contributed by atoms with E-state index >= 15 is 0 Å². The molecule has 1 aromatic carbocycles. The molecule has 2 atom stereocenters. The third kappa shape index (κ3) is 3.28. The predicted molar refractivity (Wildman–Crippen MR) is 60.4 cm³/mol. The van der Waals surface area contributed by atoms with Crippen LogP contribution in [-0.4, -0.2) is 20.5 Å². The first-order valence-corrected chi connectivity index (χ1v) is 6.21. The fraction of sp³-hybridized carbons (Fsp3) is 0.300. The van der Waals surface area contributed by atoms with Crippen molar-refractivity contribution in [1.29, 1.82) is 0 Å². The van der Waals surface area contributed by atoms with Gasteiger partial charge in [0.25, 0.3) is 0 Å². The minimum absolute atomic E-state index is 0.00154. The van der Waals surface area contributed by atoms with E-state index in [1.165, 1.54) is 19.1 Å². The fourth-order valence-electron chi connectivity index (χ4n) is 1.03. The zero-order chi connectivity index (χ0) is 12.3. The highest BCUT2D eigenvalue weighted by Gasteiger charge is 2.19. The molecule has 0 amide bonds. The maximum atomic E-state index is 13.0. The second-order valence-corrected chi connectivity index (χ2v) is 5.42. The van der Waals surface area contributed by atoms with E-state index in [4.69, 9.17) is 16.7 Å². The van der Waals surface area contributed by atoms with E-state index in [-0.39, 0.29) is 10.8 Å². The number of hydrogen-bond donors (Lipinski definition) is 1. The predicted octanol–water partition coefficient (Wildman–Crippen LogP) is 2.20. The fourth-order valence-corrected chi connectivity index (χ4v) is 2.13. The van der Waals surface area contributed by atoms with Crippen molar-refractivity contribution in [2.45, 2.75) is 17.9 Å². The molecule has 1 aromatic rings. The van der Waals surface area contributed by atoms with Gasteiger partial charge in [-0.05, 0) is 24.6 Å². The number of aliphatic carboxylic acids is 1. The lowest BCUT2D eigenvalue weighted by Gasteiger charge is -2.06. The Morgan fingerprint density at radius 1 is 1.62 bits per heavy atom. The first-order valence-electron chi connectivity index (χ1n) is 4.45. The van der Waals surface area contributed by atoms with Gasteiger partial charge < -0.3 is 5.11 Å². The lowest BCUT2D eigenvalue weighted by Crippen LogP contribution is -2.22. The standard InChI is InChI=1S/C10H10ClFO3S/c1-6(10(13)14)16(15)5-7-2-3-8(11)9(12)4-7/h2-4,6H,5H2,1H3,(H,13,14). The summed E-state index contributed by atoms with van der Waals surface area (Å²) in [6, 6.07) is 4.04. The second-order valence-electron chi connectivity index (χ2n) is 3.25. The van der Waals surface area contributed by atoms with E-state index in [1.54, 1.807) is 0 Å². The molecule has 1 N–H and O–H groups in total. The molecule has 16 heavy (non-hydrogen) atoms. The van der Waals surface area contributed by atoms with Crippen molar-refractivity contribution in [2.24, 2.45) is 0 Å². The van der Waals surface area contributed by atoms with Crippen molar-refractivity contribution in [3.05, 3.63) is 34.6 Å². The summed E-state index contributed by atoms with van der Waals surface area (Å²) in [6.07, 6.45) is 0. The second kappa shape index (κ2) is 5.41. The number of rotatable bonds is 4. The topological polar surface area (TPSA) is 54.4 Å². The number of carbonyl (C=O) groups is 1. The number of carboxylic acids is 1. The molecule has 0 radical (unpaired) electrons. The van der Waals surface area contributed by atoms with Crippen molar-refractivity contribution in [3.8, 4) is 0 Å². The van der Waals surface area contributed by atoms with Gasteiger partial charge in [0.05, 0.1) is 5.02 Å². The molecule has 0 fully saturated rings. The zero-order valence-corrected chi connectivity index (χ0v) is 10.0. The van der Waals surface area contributed by atoms with Gasteiger partial charge in [0, 0.05) is 16.6 Å². The van der Waals surface area contributed by atoms with Gasteiger partial charge >= 0.3 is 5.97 Å². The molecule has 88 valence electrons. The molecule has 6 heteroatoms. The van der Waals surface area contributed by atoms with E-state index in [9.17, 15) is 13.4 Å². The molecule has 0 saturated carbocycles. The molecule has 0 bridgehead atoms. The van der Waals surface area contributed by atoms with Crippen LogP contribution in [0.4, 0.5) is 4.39 Å². The van der Waals surface area contributed by atoms with Crippen LogP contribution >= 0.6 is 11.6 Å². The van der Waals surface area contributed by atoms with Crippen molar-refractivity contribution < 1.29 is 18.5 Å². The summed E-state index contributed by atoms with van der Waals surface area (Å²) in [5, 5.41) is 7.65. The van der Waals surface area contributed by atoms with Crippen molar-refractivity contribution in [2.75, 3.05) is 0 Å². The number of carboxylic acid groups (broad SMARTS) is 1. The van der Waals surface area contributed by atoms with E-state index in [1.807, 2.05) is 0 Å². The quantitative estimate of drug-likeness (QED) is 0.907. The maximum absolute atomic E-state index is 13.0. The van der Waals surface area contributed by atoms with Crippen LogP contribution in [0.2, 0.25) is 5.02 Å². The van der Waals surface area contributed by atoms with E-state index in [2.05, 4.69) is 0 Å². The molecule has 2 unspecified atom stereocenters. The molecular weight excluding hydrogens is 255 g/mol. The van der Waals surface area contributed by atoms with Crippen LogP contribution in [0.15, 0.2) is 18.2 Å². The van der Waals surface area contributed by atoms with E-state index < -0.39 is 27.8 Å². The van der Waals surface area contributed by atoms with Gasteiger partial charge in [-0.1, -0.05) is 17.7 Å². The van der Waals surface area contributed by atoms with Gasteiger partial charge in [-0.25, -0.2) is 4.39 Å². The van der Waals surface area contributed by atoms with Crippen molar-refractivity contribution >= 4 is 28.4 Å². The van der Waals surface area contributed by atoms with Crippen LogP contribution in [0, 0.1) is 5.82 Å². The molecule has 0 saturated heterocycles. The average molecular weight is 265 g/mol. The van der Waals surface area contributed by atoms with Gasteiger partial charge in [-0.15, -0.1) is 0 Å². The summed E-state index contributed by atoms with van der Waals surface area (Å²) in [7, 11) is -1.57. The largest absolute Gasteiger partial charge is 0.480 e. The van der Waals surface area contributed by atoms with Crippen LogP contribution in [0.3, 0.4) is 0 Å². The summed E-state index contributed by atoms with van der Waals surface area (Å²) >= 11 is 5.49. The Morgan fingerprint density at radius 3 is 2.75 bits per heavy atom. The van der Waals surface area contributed by atoms with Gasteiger partial charge in [-0.3, -0.25) is 9.00 Å².